The van der Waals surface area contributed by atoms with E-state index >= 15 is 0 Å². The maximum absolute atomic E-state index is 9.10. The zero-order chi connectivity index (χ0) is 11.1. The van der Waals surface area contributed by atoms with Crippen molar-refractivity contribution in [1.82, 2.24) is 0 Å². The third-order valence-corrected chi connectivity index (χ3v) is 2.57. The molecule has 0 unspecified atom stereocenters. The molecule has 1 aromatic carbocycles. The Morgan fingerprint density at radius 1 is 1.27 bits per heavy atom. The third-order valence-electron chi connectivity index (χ3n) is 2.57. The fraction of sp³-hybridized carbons (Fsp3) is 0.538. The summed E-state index contributed by atoms with van der Waals surface area (Å²) < 4.78 is 5.67. The fourth-order valence-corrected chi connectivity index (χ4v) is 1.52. The molecular weight excluding hydrogens is 188 g/mol. The van der Waals surface area contributed by atoms with Crippen LogP contribution in [0.4, 0.5) is 0 Å². The topological polar surface area (TPSA) is 29.5 Å². The number of aliphatic hydroxyl groups is 1. The maximum Gasteiger partial charge on any atom is 0.122 e. The van der Waals surface area contributed by atoms with Gasteiger partial charge >= 0.3 is 0 Å². The highest BCUT2D eigenvalue weighted by Gasteiger charge is 2.03. The Morgan fingerprint density at radius 3 is 2.73 bits per heavy atom. The molecule has 0 saturated heterocycles. The van der Waals surface area contributed by atoms with Crippen LogP contribution < -0.4 is 4.74 Å². The van der Waals surface area contributed by atoms with Gasteiger partial charge in [0.1, 0.15) is 5.75 Å². The van der Waals surface area contributed by atoms with Gasteiger partial charge in [-0.3, -0.25) is 0 Å². The van der Waals surface area contributed by atoms with Crippen molar-refractivity contribution in [2.24, 2.45) is 0 Å². The van der Waals surface area contributed by atoms with Crippen LogP contribution in [-0.2, 0) is 6.61 Å². The van der Waals surface area contributed by atoms with Crippen molar-refractivity contribution in [3.8, 4) is 5.75 Å². The molecule has 1 rings (SSSR count). The fourth-order valence-electron chi connectivity index (χ4n) is 1.52. The quantitative estimate of drug-likeness (QED) is 0.728. The molecule has 2 nitrogen and oxygen atoms in total. The van der Waals surface area contributed by atoms with Crippen molar-refractivity contribution in [3.05, 3.63) is 29.3 Å². The molecule has 0 heterocycles. The molecule has 0 atom stereocenters. The van der Waals surface area contributed by atoms with Crippen LogP contribution in [0.25, 0.3) is 0 Å². The van der Waals surface area contributed by atoms with Gasteiger partial charge in [0.05, 0.1) is 13.2 Å². The van der Waals surface area contributed by atoms with Crippen molar-refractivity contribution in [3.63, 3.8) is 0 Å². The molecule has 0 fully saturated rings. The van der Waals surface area contributed by atoms with Gasteiger partial charge in [-0.2, -0.15) is 0 Å². The second-order valence-electron chi connectivity index (χ2n) is 3.75. The lowest BCUT2D eigenvalue weighted by atomic mass is 10.1. The molecule has 84 valence electrons. The maximum atomic E-state index is 9.10. The molecule has 0 spiro atoms. The molecule has 15 heavy (non-hydrogen) atoms. The minimum absolute atomic E-state index is 0.0813. The summed E-state index contributed by atoms with van der Waals surface area (Å²) in [5, 5.41) is 9.10. The predicted octanol–water partition coefficient (Wildman–Crippen LogP) is 3.06. The summed E-state index contributed by atoms with van der Waals surface area (Å²) in [6, 6.07) is 5.81. The number of ether oxygens (including phenoxy) is 1. The first-order valence-electron chi connectivity index (χ1n) is 5.61. The minimum atomic E-state index is 0.0813. The van der Waals surface area contributed by atoms with E-state index in [1.807, 2.05) is 25.1 Å². The summed E-state index contributed by atoms with van der Waals surface area (Å²) in [5.74, 6) is 0.901. The molecule has 1 aromatic rings. The number of hydrogen-bond acceptors (Lipinski definition) is 2. The van der Waals surface area contributed by atoms with Crippen LogP contribution in [0.2, 0.25) is 0 Å². The van der Waals surface area contributed by atoms with E-state index < -0.39 is 0 Å². The molecule has 2 heteroatoms. The van der Waals surface area contributed by atoms with Gasteiger partial charge in [-0.25, -0.2) is 0 Å². The van der Waals surface area contributed by atoms with Crippen molar-refractivity contribution in [2.45, 2.75) is 39.7 Å². The first kappa shape index (κ1) is 12.1. The highest BCUT2D eigenvalue weighted by molar-refractivity contribution is 5.38. The van der Waals surface area contributed by atoms with E-state index in [9.17, 15) is 0 Å². The van der Waals surface area contributed by atoms with Crippen molar-refractivity contribution in [1.29, 1.82) is 0 Å². The summed E-state index contributed by atoms with van der Waals surface area (Å²) in [7, 11) is 0. The highest BCUT2D eigenvalue weighted by Crippen LogP contribution is 2.21. The second kappa shape index (κ2) is 6.46. The van der Waals surface area contributed by atoms with Gasteiger partial charge < -0.3 is 9.84 Å². The lowest BCUT2D eigenvalue weighted by molar-refractivity contribution is 0.276. The molecule has 0 saturated carbocycles. The van der Waals surface area contributed by atoms with E-state index in [4.69, 9.17) is 9.84 Å². The predicted molar refractivity (Wildman–Crippen MR) is 62.1 cm³/mol. The monoisotopic (exact) mass is 208 g/mol. The Bertz CT molecular complexity index is 295. The standard InChI is InChI=1S/C13H20O2/c1-3-4-5-9-15-13-8-6-7-12(10-14)11(13)2/h6-8,14H,3-5,9-10H2,1-2H3. The molecule has 0 aliphatic heterocycles. The molecule has 0 bridgehead atoms. The third kappa shape index (κ3) is 3.56. The molecule has 1 N–H and O–H groups in total. The van der Waals surface area contributed by atoms with Crippen LogP contribution in [0.1, 0.15) is 37.3 Å². The molecule has 0 aliphatic rings. The smallest absolute Gasteiger partial charge is 0.122 e. The van der Waals surface area contributed by atoms with Gasteiger partial charge in [0.2, 0.25) is 0 Å². The Kier molecular flexibility index (Phi) is 5.19. The summed E-state index contributed by atoms with van der Waals surface area (Å²) in [5.41, 5.74) is 2.00. The van der Waals surface area contributed by atoms with Gasteiger partial charge in [-0.1, -0.05) is 31.9 Å². The lowest BCUT2D eigenvalue weighted by Gasteiger charge is -2.11. The van der Waals surface area contributed by atoms with E-state index in [1.165, 1.54) is 12.8 Å². The lowest BCUT2D eigenvalue weighted by Crippen LogP contribution is -2.00. The highest BCUT2D eigenvalue weighted by atomic mass is 16.5. The number of unbranched alkanes of at least 4 members (excludes halogenated alkanes) is 2. The molecule has 0 aromatic heterocycles. The minimum Gasteiger partial charge on any atom is -0.493 e. The van der Waals surface area contributed by atoms with Crippen molar-refractivity contribution < 1.29 is 9.84 Å². The Balaban J connectivity index is 2.53. The van der Waals surface area contributed by atoms with Gasteiger partial charge in [-0.15, -0.1) is 0 Å². The molecule has 0 radical (unpaired) electrons. The van der Waals surface area contributed by atoms with Crippen molar-refractivity contribution in [2.75, 3.05) is 6.61 Å². The Hall–Kier alpha value is -1.02. The number of hydrogen-bond donors (Lipinski definition) is 1. The van der Waals surface area contributed by atoms with E-state index in [2.05, 4.69) is 6.92 Å². The van der Waals surface area contributed by atoms with E-state index in [-0.39, 0.29) is 6.61 Å². The number of aliphatic hydroxyl groups excluding tert-OH is 1. The largest absolute Gasteiger partial charge is 0.493 e. The molecule has 0 amide bonds. The van der Waals surface area contributed by atoms with Gasteiger partial charge in [0, 0.05) is 0 Å². The SMILES string of the molecule is CCCCCOc1cccc(CO)c1C. The van der Waals surface area contributed by atoms with Crippen molar-refractivity contribution >= 4 is 0 Å². The summed E-state index contributed by atoms with van der Waals surface area (Å²) in [6.07, 6.45) is 3.51. The van der Waals surface area contributed by atoms with E-state index in [0.29, 0.717) is 0 Å². The van der Waals surface area contributed by atoms with Gasteiger partial charge in [-0.05, 0) is 30.5 Å². The van der Waals surface area contributed by atoms with Crippen LogP contribution in [0.15, 0.2) is 18.2 Å². The van der Waals surface area contributed by atoms with E-state index in [1.54, 1.807) is 0 Å². The zero-order valence-corrected chi connectivity index (χ0v) is 9.62. The van der Waals surface area contributed by atoms with Crippen LogP contribution in [0.5, 0.6) is 5.75 Å². The summed E-state index contributed by atoms with van der Waals surface area (Å²) in [6.45, 7) is 5.01. The van der Waals surface area contributed by atoms with Crippen LogP contribution in [0, 0.1) is 6.92 Å². The normalized spacial score (nSPS) is 10.3. The van der Waals surface area contributed by atoms with E-state index in [0.717, 1.165) is 29.9 Å². The molecular formula is C13H20O2. The summed E-state index contributed by atoms with van der Waals surface area (Å²) >= 11 is 0. The Labute approximate surface area is 91.9 Å². The first-order valence-corrected chi connectivity index (χ1v) is 5.61. The summed E-state index contributed by atoms with van der Waals surface area (Å²) in [4.78, 5) is 0. The number of benzene rings is 1. The van der Waals surface area contributed by atoms with Gasteiger partial charge in [0.15, 0.2) is 0 Å². The first-order chi connectivity index (χ1) is 7.29. The van der Waals surface area contributed by atoms with Gasteiger partial charge in [0.25, 0.3) is 0 Å². The zero-order valence-electron chi connectivity index (χ0n) is 9.62. The Morgan fingerprint density at radius 2 is 2.07 bits per heavy atom. The second-order valence-corrected chi connectivity index (χ2v) is 3.75. The average Bonchev–Trinajstić information content (AvgIpc) is 2.26. The van der Waals surface area contributed by atoms with Crippen LogP contribution >= 0.6 is 0 Å². The van der Waals surface area contributed by atoms with Crippen LogP contribution in [0.3, 0.4) is 0 Å². The number of rotatable bonds is 6. The van der Waals surface area contributed by atoms with Crippen LogP contribution in [-0.4, -0.2) is 11.7 Å². The average molecular weight is 208 g/mol. The molecule has 0 aliphatic carbocycles.